The van der Waals surface area contributed by atoms with Crippen molar-refractivity contribution in [3.63, 3.8) is 0 Å². The Kier molecular flexibility index (Phi) is 27.2. The molecule has 42 heavy (non-hydrogen) atoms. The van der Waals surface area contributed by atoms with Crippen LogP contribution in [0.4, 0.5) is 0 Å². The number of unbranched alkanes of at least 4 members (excludes halogenated alkanes) is 11. The minimum atomic E-state index is -4.61. The molecule has 3 atom stereocenters. The minimum Gasteiger partial charge on any atom is -0.457 e. The number of carbonyl (C=O) groups is 2. The largest absolute Gasteiger partial charge is 0.472 e. The molecule has 0 radical (unpaired) electrons. The first-order valence-electron chi connectivity index (χ1n) is 15.8. The normalized spacial score (nSPS) is 14.7. The molecule has 3 unspecified atom stereocenters. The first kappa shape index (κ1) is 40.5. The second-order valence-electron chi connectivity index (χ2n) is 10.4. The van der Waals surface area contributed by atoms with Gasteiger partial charge in [-0.1, -0.05) is 95.9 Å². The molecule has 0 saturated heterocycles. The molecule has 0 aliphatic heterocycles. The van der Waals surface area contributed by atoms with Crippen LogP contribution in [-0.4, -0.2) is 65.7 Å². The lowest BCUT2D eigenvalue weighted by Gasteiger charge is -2.20. The van der Waals surface area contributed by atoms with E-state index in [4.69, 9.17) is 18.5 Å². The van der Waals surface area contributed by atoms with Crippen LogP contribution in [0.15, 0.2) is 24.3 Å². The number of hydrogen-bond acceptors (Lipinski definition) is 9. The average molecular weight is 621 g/mol. The molecule has 0 aliphatic rings. The van der Waals surface area contributed by atoms with Gasteiger partial charge < -0.3 is 24.6 Å². The molecule has 0 aromatic heterocycles. The molecule has 0 spiro atoms. The summed E-state index contributed by atoms with van der Waals surface area (Å²) in [6.45, 7) is 2.00. The van der Waals surface area contributed by atoms with Gasteiger partial charge in [0.15, 0.2) is 0 Å². The Balaban J connectivity index is 4.07. The molecule has 0 amide bonds. The van der Waals surface area contributed by atoms with Crippen molar-refractivity contribution >= 4 is 19.8 Å². The molecule has 0 aromatic carbocycles. The van der Waals surface area contributed by atoms with Gasteiger partial charge >= 0.3 is 19.8 Å². The predicted octanol–water partition coefficient (Wildman–Crippen LogP) is 6.71. The highest BCUT2D eigenvalue weighted by Gasteiger charge is 2.27. The molecule has 0 aromatic rings. The predicted molar refractivity (Wildman–Crippen MR) is 164 cm³/mol. The molecule has 10 nitrogen and oxygen atoms in total. The first-order chi connectivity index (χ1) is 20.3. The molecule has 11 heteroatoms. The van der Waals surface area contributed by atoms with Gasteiger partial charge in [0.2, 0.25) is 0 Å². The van der Waals surface area contributed by atoms with Gasteiger partial charge in [-0.3, -0.25) is 18.6 Å². The van der Waals surface area contributed by atoms with Crippen molar-refractivity contribution in [2.45, 2.75) is 135 Å². The highest BCUT2D eigenvalue weighted by molar-refractivity contribution is 7.47. The second-order valence-corrected chi connectivity index (χ2v) is 11.9. The summed E-state index contributed by atoms with van der Waals surface area (Å²) < 4.78 is 32.1. The molecule has 0 saturated carbocycles. The number of ether oxygens (including phenoxy) is 2. The zero-order valence-electron chi connectivity index (χ0n) is 26.0. The van der Waals surface area contributed by atoms with Crippen LogP contribution in [0.1, 0.15) is 123 Å². The Morgan fingerprint density at radius 2 is 1.10 bits per heavy atom. The van der Waals surface area contributed by atoms with Crippen LogP contribution in [0.3, 0.4) is 0 Å². The Morgan fingerprint density at radius 3 is 1.57 bits per heavy atom. The number of phosphoric acid groups is 1. The zero-order chi connectivity index (χ0) is 31.3. The van der Waals surface area contributed by atoms with Crippen LogP contribution in [-0.2, 0) is 32.7 Å². The van der Waals surface area contributed by atoms with Crippen molar-refractivity contribution in [2.75, 3.05) is 26.4 Å². The smallest absolute Gasteiger partial charge is 0.457 e. The van der Waals surface area contributed by atoms with E-state index in [1.54, 1.807) is 0 Å². The van der Waals surface area contributed by atoms with Crippen LogP contribution in [0.25, 0.3) is 0 Å². The van der Waals surface area contributed by atoms with Gasteiger partial charge in [-0.25, -0.2) is 4.57 Å². The zero-order valence-corrected chi connectivity index (χ0v) is 26.9. The number of hydrogen-bond donors (Lipinski definition) is 3. The maximum Gasteiger partial charge on any atom is 0.472 e. The van der Waals surface area contributed by atoms with Gasteiger partial charge in [0.05, 0.1) is 26.4 Å². The average Bonchev–Trinajstić information content (AvgIpc) is 2.97. The number of aliphatic hydroxyl groups is 2. The van der Waals surface area contributed by atoms with E-state index in [0.29, 0.717) is 12.8 Å². The van der Waals surface area contributed by atoms with E-state index in [2.05, 4.69) is 38.2 Å². The number of allylic oxidation sites excluding steroid dienone is 4. The monoisotopic (exact) mass is 620 g/mol. The van der Waals surface area contributed by atoms with E-state index in [9.17, 15) is 29.3 Å². The van der Waals surface area contributed by atoms with Gasteiger partial charge in [0, 0.05) is 12.8 Å². The summed E-state index contributed by atoms with van der Waals surface area (Å²) in [6, 6.07) is 0. The maximum absolute atomic E-state index is 12.2. The Labute approximate surface area is 253 Å². The van der Waals surface area contributed by atoms with Gasteiger partial charge in [-0.2, -0.15) is 0 Å². The number of carbonyl (C=O) groups excluding carboxylic acids is 2. The first-order valence-corrected chi connectivity index (χ1v) is 17.3. The van der Waals surface area contributed by atoms with E-state index < -0.39 is 58.4 Å². The van der Waals surface area contributed by atoms with Gasteiger partial charge in [-0.15, -0.1) is 0 Å². The fourth-order valence-corrected chi connectivity index (χ4v) is 4.70. The highest BCUT2D eigenvalue weighted by atomic mass is 31.2. The lowest BCUT2D eigenvalue weighted by Crippen LogP contribution is -2.28. The van der Waals surface area contributed by atoms with Crippen molar-refractivity contribution < 1.29 is 47.8 Å². The van der Waals surface area contributed by atoms with Gasteiger partial charge in [0.25, 0.3) is 0 Å². The van der Waals surface area contributed by atoms with Crippen LogP contribution in [0.2, 0.25) is 0 Å². The molecule has 3 N–H and O–H groups in total. The lowest BCUT2D eigenvalue weighted by atomic mass is 10.1. The fourth-order valence-electron chi connectivity index (χ4n) is 3.91. The maximum atomic E-state index is 12.2. The standard InChI is InChI=1S/C31H57O10P/c1-3-5-7-9-11-12-13-14-15-16-17-19-21-23-31(35)41-29(25-33)27-39-42(36,37)38-26-28(24-32)40-30(34)22-20-18-10-8-6-4-2/h7,9,12-13,28-29,32-33H,3-6,8,10-11,14-27H2,1-2H3,(H,36,37)/b9-7-,13-12-. The van der Waals surface area contributed by atoms with E-state index >= 15 is 0 Å². The van der Waals surface area contributed by atoms with Gasteiger partial charge in [0.1, 0.15) is 12.2 Å². The second kappa shape index (κ2) is 28.2. The van der Waals surface area contributed by atoms with Crippen LogP contribution >= 0.6 is 7.82 Å². The highest BCUT2D eigenvalue weighted by Crippen LogP contribution is 2.43. The van der Waals surface area contributed by atoms with Crippen LogP contribution in [0.5, 0.6) is 0 Å². The van der Waals surface area contributed by atoms with Crippen LogP contribution < -0.4 is 0 Å². The number of aliphatic hydroxyl groups excluding tert-OH is 2. The number of rotatable bonds is 29. The van der Waals surface area contributed by atoms with Crippen molar-refractivity contribution in [1.82, 2.24) is 0 Å². The molecular weight excluding hydrogens is 563 g/mol. The molecular formula is C31H57O10P. The SMILES string of the molecule is CCC/C=C\C/C=C\CCCCCCCC(=O)OC(CO)COP(=O)(O)OCC(CO)OC(=O)CCCCCCCC. The summed E-state index contributed by atoms with van der Waals surface area (Å²) in [6.07, 6.45) is 22.0. The minimum absolute atomic E-state index is 0.177. The van der Waals surface area contributed by atoms with Crippen molar-refractivity contribution in [3.05, 3.63) is 24.3 Å². The summed E-state index contributed by atoms with van der Waals surface area (Å²) in [5.41, 5.74) is 0. The van der Waals surface area contributed by atoms with Crippen LogP contribution in [0, 0.1) is 0 Å². The van der Waals surface area contributed by atoms with Crippen molar-refractivity contribution in [2.24, 2.45) is 0 Å². The molecule has 0 rings (SSSR count). The molecule has 0 heterocycles. The number of phosphoric ester groups is 1. The third-order valence-electron chi connectivity index (χ3n) is 6.40. The Hall–Kier alpha value is -1.55. The third-order valence-corrected chi connectivity index (χ3v) is 7.35. The summed E-state index contributed by atoms with van der Waals surface area (Å²) in [7, 11) is -4.61. The van der Waals surface area contributed by atoms with E-state index in [-0.39, 0.29) is 12.8 Å². The topological polar surface area (TPSA) is 149 Å². The van der Waals surface area contributed by atoms with E-state index in [0.717, 1.165) is 77.0 Å². The summed E-state index contributed by atoms with van der Waals surface area (Å²) in [4.78, 5) is 34.0. The summed E-state index contributed by atoms with van der Waals surface area (Å²) in [5.74, 6) is -1.05. The lowest BCUT2D eigenvalue weighted by molar-refractivity contribution is -0.153. The third kappa shape index (κ3) is 26.1. The number of esters is 2. The van der Waals surface area contributed by atoms with Crippen molar-refractivity contribution in [1.29, 1.82) is 0 Å². The quantitative estimate of drug-likeness (QED) is 0.0356. The molecule has 246 valence electrons. The Bertz CT molecular complexity index is 771. The van der Waals surface area contributed by atoms with E-state index in [1.807, 2.05) is 0 Å². The molecule has 0 bridgehead atoms. The molecule has 0 fully saturated rings. The van der Waals surface area contributed by atoms with Gasteiger partial charge in [-0.05, 0) is 38.5 Å². The summed E-state index contributed by atoms with van der Waals surface area (Å²) >= 11 is 0. The summed E-state index contributed by atoms with van der Waals surface area (Å²) in [5, 5.41) is 18.9. The Morgan fingerprint density at radius 1 is 0.643 bits per heavy atom. The van der Waals surface area contributed by atoms with Crippen molar-refractivity contribution in [3.8, 4) is 0 Å². The fraction of sp³-hybridized carbons (Fsp3) is 0.806. The van der Waals surface area contributed by atoms with E-state index in [1.165, 1.54) is 6.42 Å². The molecule has 0 aliphatic carbocycles.